The highest BCUT2D eigenvalue weighted by atomic mass is 35.5. The van der Waals surface area contributed by atoms with Gasteiger partial charge in [0.15, 0.2) is 0 Å². The van der Waals surface area contributed by atoms with Crippen LogP contribution < -0.4 is 11.1 Å². The van der Waals surface area contributed by atoms with E-state index in [-0.39, 0.29) is 10.6 Å². The zero-order valence-electron chi connectivity index (χ0n) is 9.45. The summed E-state index contributed by atoms with van der Waals surface area (Å²) in [5.74, 6) is -1.56. The first-order valence-electron chi connectivity index (χ1n) is 4.85. The van der Waals surface area contributed by atoms with E-state index < -0.39 is 17.4 Å². The fraction of sp³-hybridized carbons (Fsp3) is 0.273. The largest absolute Gasteiger partial charge is 0.478 e. The van der Waals surface area contributed by atoms with E-state index in [2.05, 4.69) is 5.32 Å². The molecule has 0 unspecified atom stereocenters. The van der Waals surface area contributed by atoms with E-state index in [1.165, 1.54) is 18.2 Å². The zero-order chi connectivity index (χ0) is 13.2. The van der Waals surface area contributed by atoms with Gasteiger partial charge in [0.25, 0.3) is 0 Å². The molecule has 92 valence electrons. The van der Waals surface area contributed by atoms with Crippen LogP contribution in [0.1, 0.15) is 24.2 Å². The molecule has 0 aliphatic rings. The molecular formula is C11H13ClN2O3. The third-order valence-electron chi connectivity index (χ3n) is 2.04. The van der Waals surface area contributed by atoms with E-state index in [1.54, 1.807) is 13.8 Å². The van der Waals surface area contributed by atoms with Crippen molar-refractivity contribution in [2.75, 3.05) is 5.32 Å². The molecule has 1 rings (SSSR count). The highest BCUT2D eigenvalue weighted by Gasteiger charge is 2.22. The van der Waals surface area contributed by atoms with Gasteiger partial charge in [-0.3, -0.25) is 4.79 Å². The molecule has 6 heteroatoms. The van der Waals surface area contributed by atoms with E-state index in [0.717, 1.165) is 0 Å². The lowest BCUT2D eigenvalue weighted by Gasteiger charge is -2.18. The second-order valence-corrected chi connectivity index (χ2v) is 4.58. The molecule has 4 N–H and O–H groups in total. The Balaban J connectivity index is 2.98. The topological polar surface area (TPSA) is 92.4 Å². The molecule has 0 aliphatic heterocycles. The second kappa shape index (κ2) is 4.73. The molecule has 0 aliphatic carbocycles. The molecule has 17 heavy (non-hydrogen) atoms. The molecule has 1 aromatic rings. The number of carboxylic acids is 1. The van der Waals surface area contributed by atoms with Crippen LogP contribution in [0.15, 0.2) is 18.2 Å². The number of hydrogen-bond donors (Lipinski definition) is 3. The number of hydrogen-bond acceptors (Lipinski definition) is 3. The van der Waals surface area contributed by atoms with Crippen molar-refractivity contribution in [3.8, 4) is 0 Å². The highest BCUT2D eigenvalue weighted by molar-refractivity contribution is 6.33. The van der Waals surface area contributed by atoms with Crippen molar-refractivity contribution in [1.82, 2.24) is 0 Å². The Morgan fingerprint density at radius 1 is 1.41 bits per heavy atom. The summed E-state index contributed by atoms with van der Waals surface area (Å²) in [5, 5.41) is 11.5. The number of carbonyl (C=O) groups is 2. The summed E-state index contributed by atoms with van der Waals surface area (Å²) in [6.45, 7) is 3.10. The van der Waals surface area contributed by atoms with E-state index >= 15 is 0 Å². The van der Waals surface area contributed by atoms with Gasteiger partial charge in [-0.25, -0.2) is 4.79 Å². The SMILES string of the molecule is CC(C)(N)C(=O)Nc1ccc(Cl)c(C(=O)O)c1. The van der Waals surface area contributed by atoms with Crippen LogP contribution in [-0.4, -0.2) is 22.5 Å². The Morgan fingerprint density at radius 3 is 2.47 bits per heavy atom. The van der Waals surface area contributed by atoms with Gasteiger partial charge in [-0.2, -0.15) is 0 Å². The van der Waals surface area contributed by atoms with Gasteiger partial charge in [0.1, 0.15) is 0 Å². The van der Waals surface area contributed by atoms with E-state index in [9.17, 15) is 9.59 Å². The Bertz CT molecular complexity index is 466. The van der Waals surface area contributed by atoms with Crippen molar-refractivity contribution in [2.24, 2.45) is 5.73 Å². The number of halogens is 1. The van der Waals surface area contributed by atoms with Crippen molar-refractivity contribution < 1.29 is 14.7 Å². The van der Waals surface area contributed by atoms with Crippen molar-refractivity contribution in [3.05, 3.63) is 28.8 Å². The number of aromatic carboxylic acids is 1. The fourth-order valence-corrected chi connectivity index (χ4v) is 1.26. The maximum Gasteiger partial charge on any atom is 0.337 e. The quantitative estimate of drug-likeness (QED) is 0.768. The Kier molecular flexibility index (Phi) is 3.75. The molecule has 0 fully saturated rings. The summed E-state index contributed by atoms with van der Waals surface area (Å²) in [6.07, 6.45) is 0. The van der Waals surface area contributed by atoms with Gasteiger partial charge in [-0.05, 0) is 32.0 Å². The monoisotopic (exact) mass is 256 g/mol. The maximum atomic E-state index is 11.6. The van der Waals surface area contributed by atoms with Gasteiger partial charge in [0.05, 0.1) is 16.1 Å². The average Bonchev–Trinajstić information content (AvgIpc) is 2.19. The van der Waals surface area contributed by atoms with Crippen LogP contribution in [0.25, 0.3) is 0 Å². The van der Waals surface area contributed by atoms with Crippen LogP contribution in [0.4, 0.5) is 5.69 Å². The molecule has 0 radical (unpaired) electrons. The van der Waals surface area contributed by atoms with Gasteiger partial charge >= 0.3 is 5.97 Å². The molecule has 0 aromatic heterocycles. The minimum Gasteiger partial charge on any atom is -0.478 e. The number of benzene rings is 1. The molecule has 1 aromatic carbocycles. The molecule has 5 nitrogen and oxygen atoms in total. The molecule has 0 heterocycles. The Labute approximate surface area is 104 Å². The van der Waals surface area contributed by atoms with Crippen LogP contribution in [0.3, 0.4) is 0 Å². The lowest BCUT2D eigenvalue weighted by Crippen LogP contribution is -2.45. The van der Waals surface area contributed by atoms with Crippen LogP contribution in [0, 0.1) is 0 Å². The summed E-state index contributed by atoms with van der Waals surface area (Å²) in [5.41, 5.74) is 4.83. The number of nitrogens with one attached hydrogen (secondary N) is 1. The van der Waals surface area contributed by atoms with Gasteiger partial charge < -0.3 is 16.2 Å². The van der Waals surface area contributed by atoms with Gasteiger partial charge in [0.2, 0.25) is 5.91 Å². The Morgan fingerprint density at radius 2 is 2.00 bits per heavy atom. The summed E-state index contributed by atoms with van der Waals surface area (Å²) in [6, 6.07) is 4.21. The van der Waals surface area contributed by atoms with Crippen LogP contribution in [0.5, 0.6) is 0 Å². The number of nitrogens with two attached hydrogens (primary N) is 1. The molecule has 0 spiro atoms. The maximum absolute atomic E-state index is 11.6. The number of anilines is 1. The Hall–Kier alpha value is -1.59. The molecule has 0 saturated heterocycles. The van der Waals surface area contributed by atoms with E-state index in [1.807, 2.05) is 0 Å². The van der Waals surface area contributed by atoms with Crippen molar-refractivity contribution in [3.63, 3.8) is 0 Å². The number of carbonyl (C=O) groups excluding carboxylic acids is 1. The summed E-state index contributed by atoms with van der Waals surface area (Å²) < 4.78 is 0. The van der Waals surface area contributed by atoms with Crippen molar-refractivity contribution >= 4 is 29.2 Å². The normalized spacial score (nSPS) is 11.1. The molecule has 1 amide bonds. The predicted molar refractivity (Wildman–Crippen MR) is 65.3 cm³/mol. The summed E-state index contributed by atoms with van der Waals surface area (Å²) >= 11 is 5.70. The first kappa shape index (κ1) is 13.5. The number of rotatable bonds is 3. The van der Waals surface area contributed by atoms with Gasteiger partial charge in [0, 0.05) is 5.69 Å². The predicted octanol–water partition coefficient (Wildman–Crippen LogP) is 1.71. The van der Waals surface area contributed by atoms with Gasteiger partial charge in [-0.1, -0.05) is 11.6 Å². The minimum atomic E-state index is -1.15. The zero-order valence-corrected chi connectivity index (χ0v) is 10.2. The third-order valence-corrected chi connectivity index (χ3v) is 2.37. The smallest absolute Gasteiger partial charge is 0.337 e. The third kappa shape index (κ3) is 3.44. The first-order valence-corrected chi connectivity index (χ1v) is 5.23. The van der Waals surface area contributed by atoms with Crippen LogP contribution >= 0.6 is 11.6 Å². The first-order chi connectivity index (χ1) is 7.71. The number of amides is 1. The van der Waals surface area contributed by atoms with Crippen LogP contribution in [0.2, 0.25) is 5.02 Å². The molecule has 0 atom stereocenters. The molecule has 0 bridgehead atoms. The lowest BCUT2D eigenvalue weighted by atomic mass is 10.1. The highest BCUT2D eigenvalue weighted by Crippen LogP contribution is 2.21. The van der Waals surface area contributed by atoms with Crippen molar-refractivity contribution in [1.29, 1.82) is 0 Å². The van der Waals surface area contributed by atoms with Crippen molar-refractivity contribution in [2.45, 2.75) is 19.4 Å². The minimum absolute atomic E-state index is 0.0701. The second-order valence-electron chi connectivity index (χ2n) is 4.18. The lowest BCUT2D eigenvalue weighted by molar-refractivity contribution is -0.120. The van der Waals surface area contributed by atoms with E-state index in [4.69, 9.17) is 22.4 Å². The standard InChI is InChI=1S/C11H13ClN2O3/c1-11(2,13)10(17)14-6-3-4-8(12)7(5-6)9(15)16/h3-5H,13H2,1-2H3,(H,14,17)(H,15,16). The molecular weight excluding hydrogens is 244 g/mol. The van der Waals surface area contributed by atoms with Gasteiger partial charge in [-0.15, -0.1) is 0 Å². The van der Waals surface area contributed by atoms with Crippen LogP contribution in [-0.2, 0) is 4.79 Å². The summed E-state index contributed by atoms with van der Waals surface area (Å²) in [4.78, 5) is 22.4. The number of carboxylic acid groups (broad SMARTS) is 1. The fourth-order valence-electron chi connectivity index (χ4n) is 1.06. The molecule has 0 saturated carbocycles. The summed E-state index contributed by atoms with van der Waals surface area (Å²) in [7, 11) is 0. The average molecular weight is 257 g/mol. The van der Waals surface area contributed by atoms with E-state index in [0.29, 0.717) is 5.69 Å².